The molecule has 1 aromatic heterocycles. The molecule has 0 aliphatic carbocycles. The predicted octanol–water partition coefficient (Wildman–Crippen LogP) is 3.14. The van der Waals surface area contributed by atoms with Gasteiger partial charge in [0.25, 0.3) is 0 Å². The Morgan fingerprint density at radius 2 is 1.79 bits per heavy atom. The lowest BCUT2D eigenvalue weighted by molar-refractivity contribution is -0.115. The fraction of sp³-hybridized carbons (Fsp3) is 0.167. The van der Waals surface area contributed by atoms with Gasteiger partial charge in [0.2, 0.25) is 5.91 Å². The molecule has 0 fully saturated rings. The van der Waals surface area contributed by atoms with E-state index in [-0.39, 0.29) is 23.0 Å². The van der Waals surface area contributed by atoms with Crippen LogP contribution < -0.4 is 5.32 Å². The van der Waals surface area contributed by atoms with Crippen LogP contribution in [-0.2, 0) is 21.1 Å². The van der Waals surface area contributed by atoms with Crippen LogP contribution in [0.4, 0.5) is 5.69 Å². The number of rotatable bonds is 5. The van der Waals surface area contributed by atoms with E-state index >= 15 is 0 Å². The number of H-pyrrole nitrogens is 1. The van der Waals surface area contributed by atoms with E-state index in [4.69, 9.17) is 0 Å². The second-order valence-corrected chi connectivity index (χ2v) is 7.79. The molecule has 2 aromatic carbocycles. The Hall–Kier alpha value is -2.60. The maximum absolute atomic E-state index is 12.2. The molecule has 0 unspecified atom stereocenters. The number of hydrogen-bond acceptors (Lipinski definition) is 3. The minimum atomic E-state index is -3.23. The van der Waals surface area contributed by atoms with Gasteiger partial charge in [-0.05, 0) is 35.9 Å². The largest absolute Gasteiger partial charge is 0.361 e. The molecule has 0 atom stereocenters. The van der Waals surface area contributed by atoms with Crippen molar-refractivity contribution in [3.8, 4) is 0 Å². The molecule has 0 saturated carbocycles. The van der Waals surface area contributed by atoms with Crippen LogP contribution in [0.1, 0.15) is 12.5 Å². The van der Waals surface area contributed by atoms with Crippen LogP contribution in [0.2, 0.25) is 0 Å². The quantitative estimate of drug-likeness (QED) is 0.747. The van der Waals surface area contributed by atoms with Crippen molar-refractivity contribution in [1.29, 1.82) is 0 Å². The average molecular weight is 342 g/mol. The summed E-state index contributed by atoms with van der Waals surface area (Å²) in [5, 5.41) is 3.82. The summed E-state index contributed by atoms with van der Waals surface area (Å²) < 4.78 is 23.6. The van der Waals surface area contributed by atoms with Crippen LogP contribution in [0.15, 0.2) is 59.6 Å². The van der Waals surface area contributed by atoms with E-state index in [0.717, 1.165) is 16.5 Å². The van der Waals surface area contributed by atoms with Crippen molar-refractivity contribution >= 4 is 32.3 Å². The molecule has 124 valence electrons. The summed E-state index contributed by atoms with van der Waals surface area (Å²) in [5.74, 6) is -0.0925. The monoisotopic (exact) mass is 342 g/mol. The highest BCUT2D eigenvalue weighted by Crippen LogP contribution is 2.19. The molecule has 3 aromatic rings. The Balaban J connectivity index is 1.71. The standard InChI is InChI=1S/C18H18N2O3S/c1-2-24(22,23)15-9-7-14(8-10-15)20-18(21)11-13-12-19-17-6-4-3-5-16(13)17/h3-10,12,19H,2,11H2,1H3,(H,20,21). The number of sulfone groups is 1. The van der Waals surface area contributed by atoms with E-state index in [1.54, 1.807) is 19.1 Å². The van der Waals surface area contributed by atoms with Gasteiger partial charge in [-0.25, -0.2) is 8.42 Å². The molecule has 0 bridgehead atoms. The Kier molecular flexibility index (Phi) is 4.40. The maximum Gasteiger partial charge on any atom is 0.228 e. The lowest BCUT2D eigenvalue weighted by atomic mass is 10.1. The Morgan fingerprint density at radius 1 is 1.08 bits per heavy atom. The minimum absolute atomic E-state index is 0.0548. The lowest BCUT2D eigenvalue weighted by Gasteiger charge is -2.06. The van der Waals surface area contributed by atoms with Crippen LogP contribution in [0, 0.1) is 0 Å². The summed E-state index contributed by atoms with van der Waals surface area (Å²) in [7, 11) is -3.23. The SMILES string of the molecule is CCS(=O)(=O)c1ccc(NC(=O)Cc2c[nH]c3ccccc23)cc1. The zero-order valence-electron chi connectivity index (χ0n) is 13.2. The van der Waals surface area contributed by atoms with Crippen molar-refractivity contribution in [2.75, 3.05) is 11.1 Å². The van der Waals surface area contributed by atoms with Crippen LogP contribution in [0.25, 0.3) is 10.9 Å². The lowest BCUT2D eigenvalue weighted by Crippen LogP contribution is -2.14. The van der Waals surface area contributed by atoms with Gasteiger partial charge in [0, 0.05) is 22.8 Å². The van der Waals surface area contributed by atoms with E-state index in [1.165, 1.54) is 12.1 Å². The molecule has 6 heteroatoms. The summed E-state index contributed by atoms with van der Waals surface area (Å²) in [6.07, 6.45) is 2.08. The van der Waals surface area contributed by atoms with Crippen molar-refractivity contribution in [3.63, 3.8) is 0 Å². The van der Waals surface area contributed by atoms with E-state index in [0.29, 0.717) is 5.69 Å². The van der Waals surface area contributed by atoms with Gasteiger partial charge >= 0.3 is 0 Å². The van der Waals surface area contributed by atoms with E-state index < -0.39 is 9.84 Å². The number of anilines is 1. The molecule has 0 aliphatic heterocycles. The number of aromatic amines is 1. The van der Waals surface area contributed by atoms with Gasteiger partial charge in [-0.2, -0.15) is 0 Å². The molecule has 24 heavy (non-hydrogen) atoms. The van der Waals surface area contributed by atoms with Crippen molar-refractivity contribution in [3.05, 3.63) is 60.3 Å². The number of hydrogen-bond donors (Lipinski definition) is 2. The van der Waals surface area contributed by atoms with Crippen molar-refractivity contribution in [2.24, 2.45) is 0 Å². The summed E-state index contributed by atoms with van der Waals surface area (Å²) in [4.78, 5) is 15.6. The molecule has 0 radical (unpaired) electrons. The Labute approximate surface area is 140 Å². The fourth-order valence-electron chi connectivity index (χ4n) is 2.57. The fourth-order valence-corrected chi connectivity index (χ4v) is 3.45. The number of carbonyl (C=O) groups excluding carboxylic acids is 1. The van der Waals surface area contributed by atoms with Crippen molar-refractivity contribution < 1.29 is 13.2 Å². The summed E-state index contributed by atoms with van der Waals surface area (Å²) in [5.41, 5.74) is 2.50. The summed E-state index contributed by atoms with van der Waals surface area (Å²) >= 11 is 0. The van der Waals surface area contributed by atoms with Gasteiger partial charge in [-0.3, -0.25) is 4.79 Å². The van der Waals surface area contributed by atoms with Crippen molar-refractivity contribution in [1.82, 2.24) is 4.98 Å². The van der Waals surface area contributed by atoms with Gasteiger partial charge in [0.1, 0.15) is 0 Å². The van der Waals surface area contributed by atoms with Gasteiger partial charge in [0.05, 0.1) is 17.1 Å². The smallest absolute Gasteiger partial charge is 0.228 e. The number of benzene rings is 2. The van der Waals surface area contributed by atoms with E-state index in [1.807, 2.05) is 30.5 Å². The first-order chi connectivity index (χ1) is 11.5. The third-order valence-electron chi connectivity index (χ3n) is 3.90. The maximum atomic E-state index is 12.2. The molecule has 0 spiro atoms. The Morgan fingerprint density at radius 3 is 2.50 bits per heavy atom. The normalized spacial score (nSPS) is 11.5. The van der Waals surface area contributed by atoms with Crippen LogP contribution >= 0.6 is 0 Å². The minimum Gasteiger partial charge on any atom is -0.361 e. The number of para-hydroxylation sites is 1. The molecule has 0 saturated heterocycles. The second-order valence-electron chi connectivity index (χ2n) is 5.51. The van der Waals surface area contributed by atoms with Gasteiger partial charge in [0.15, 0.2) is 9.84 Å². The summed E-state index contributed by atoms with van der Waals surface area (Å²) in [6, 6.07) is 14.0. The average Bonchev–Trinajstić information content (AvgIpc) is 2.98. The topological polar surface area (TPSA) is 79.0 Å². The number of carbonyl (C=O) groups is 1. The molecule has 1 amide bonds. The first-order valence-corrected chi connectivity index (χ1v) is 9.32. The molecular weight excluding hydrogens is 324 g/mol. The van der Waals surface area contributed by atoms with Crippen LogP contribution in [-0.4, -0.2) is 25.1 Å². The van der Waals surface area contributed by atoms with Gasteiger partial charge in [-0.1, -0.05) is 25.1 Å². The molecular formula is C18H18N2O3S. The molecule has 5 nitrogen and oxygen atoms in total. The Bertz CT molecular complexity index is 973. The third kappa shape index (κ3) is 3.33. The zero-order valence-corrected chi connectivity index (χ0v) is 14.1. The van der Waals surface area contributed by atoms with Gasteiger partial charge < -0.3 is 10.3 Å². The second kappa shape index (κ2) is 6.49. The summed E-state index contributed by atoms with van der Waals surface area (Å²) in [6.45, 7) is 1.60. The highest BCUT2D eigenvalue weighted by Gasteiger charge is 2.12. The predicted molar refractivity (Wildman–Crippen MR) is 94.8 cm³/mol. The zero-order chi connectivity index (χ0) is 17.2. The molecule has 3 rings (SSSR count). The first-order valence-electron chi connectivity index (χ1n) is 7.67. The van der Waals surface area contributed by atoms with E-state index in [9.17, 15) is 13.2 Å². The number of nitrogens with one attached hydrogen (secondary N) is 2. The number of amides is 1. The first kappa shape index (κ1) is 16.3. The number of aromatic nitrogens is 1. The molecule has 2 N–H and O–H groups in total. The highest BCUT2D eigenvalue weighted by atomic mass is 32.2. The van der Waals surface area contributed by atoms with Crippen molar-refractivity contribution in [2.45, 2.75) is 18.2 Å². The third-order valence-corrected chi connectivity index (χ3v) is 5.65. The molecule has 1 heterocycles. The highest BCUT2D eigenvalue weighted by molar-refractivity contribution is 7.91. The van der Waals surface area contributed by atoms with Gasteiger partial charge in [-0.15, -0.1) is 0 Å². The van der Waals surface area contributed by atoms with Crippen LogP contribution in [0.3, 0.4) is 0 Å². The van der Waals surface area contributed by atoms with E-state index in [2.05, 4.69) is 10.3 Å². The van der Waals surface area contributed by atoms with Crippen LogP contribution in [0.5, 0.6) is 0 Å². The number of fused-ring (bicyclic) bond motifs is 1. The molecule has 0 aliphatic rings.